The number of rotatable bonds is 4. The Morgan fingerprint density at radius 1 is 1.60 bits per heavy atom. The maximum absolute atomic E-state index is 13.0. The fourth-order valence-corrected chi connectivity index (χ4v) is 1.22. The molecule has 0 amide bonds. The zero-order valence-electron chi connectivity index (χ0n) is 8.24. The second-order valence-electron chi connectivity index (χ2n) is 3.13. The van der Waals surface area contributed by atoms with Gasteiger partial charge in [-0.05, 0) is 17.7 Å². The summed E-state index contributed by atoms with van der Waals surface area (Å²) in [5.74, 6) is -1.19. The quantitative estimate of drug-likeness (QED) is 0.790. The molecule has 1 atom stereocenters. The molecule has 1 aromatic carbocycles. The first kappa shape index (κ1) is 11.5. The molecule has 0 aliphatic rings. The lowest BCUT2D eigenvalue weighted by molar-refractivity contribution is -0.137. The molecular formula is C10H12FNO3. The Morgan fingerprint density at radius 3 is 2.80 bits per heavy atom. The lowest BCUT2D eigenvalue weighted by atomic mass is 10.0. The molecule has 0 saturated carbocycles. The smallest absolute Gasteiger partial charge is 0.305 e. The largest absolute Gasteiger partial charge is 0.497 e. The number of carboxylic acid groups (broad SMARTS) is 1. The molecule has 4 nitrogen and oxygen atoms in total. The van der Waals surface area contributed by atoms with Crippen LogP contribution >= 0.6 is 0 Å². The molecule has 0 spiro atoms. The normalized spacial score (nSPS) is 12.2. The molecule has 1 aromatic rings. The van der Waals surface area contributed by atoms with Gasteiger partial charge in [-0.25, -0.2) is 4.39 Å². The zero-order valence-corrected chi connectivity index (χ0v) is 8.24. The molecule has 0 fully saturated rings. The number of hydrogen-bond donors (Lipinski definition) is 2. The minimum absolute atomic E-state index is 0.243. The van der Waals surface area contributed by atoms with Crippen molar-refractivity contribution in [3.05, 3.63) is 29.6 Å². The average molecular weight is 213 g/mol. The molecular weight excluding hydrogens is 201 g/mol. The predicted octanol–water partition coefficient (Wildman–Crippen LogP) is 1.31. The highest BCUT2D eigenvalue weighted by Gasteiger charge is 2.12. The third kappa shape index (κ3) is 3.21. The van der Waals surface area contributed by atoms with Gasteiger partial charge in [-0.2, -0.15) is 0 Å². The summed E-state index contributed by atoms with van der Waals surface area (Å²) in [7, 11) is 1.40. The summed E-state index contributed by atoms with van der Waals surface area (Å²) in [4.78, 5) is 10.4. The minimum Gasteiger partial charge on any atom is -0.497 e. The maximum Gasteiger partial charge on any atom is 0.305 e. The lowest BCUT2D eigenvalue weighted by Gasteiger charge is -2.10. The molecule has 0 aromatic heterocycles. The van der Waals surface area contributed by atoms with Gasteiger partial charge >= 0.3 is 5.97 Å². The van der Waals surface area contributed by atoms with E-state index in [-0.39, 0.29) is 6.42 Å². The monoisotopic (exact) mass is 213 g/mol. The van der Waals surface area contributed by atoms with E-state index in [2.05, 4.69) is 0 Å². The summed E-state index contributed by atoms with van der Waals surface area (Å²) < 4.78 is 17.9. The van der Waals surface area contributed by atoms with Crippen molar-refractivity contribution in [1.82, 2.24) is 0 Å². The highest BCUT2D eigenvalue weighted by molar-refractivity contribution is 5.67. The summed E-state index contributed by atoms with van der Waals surface area (Å²) in [6.07, 6.45) is -0.243. The van der Waals surface area contributed by atoms with Gasteiger partial charge in [-0.3, -0.25) is 4.79 Å². The number of carboxylic acids is 1. The third-order valence-corrected chi connectivity index (χ3v) is 1.95. The van der Waals surface area contributed by atoms with Crippen LogP contribution in [0.15, 0.2) is 18.2 Å². The van der Waals surface area contributed by atoms with Crippen molar-refractivity contribution >= 4 is 5.97 Å². The van der Waals surface area contributed by atoms with Gasteiger partial charge in [0, 0.05) is 12.1 Å². The average Bonchev–Trinajstić information content (AvgIpc) is 2.15. The molecule has 0 radical (unpaired) electrons. The van der Waals surface area contributed by atoms with Gasteiger partial charge in [0.05, 0.1) is 13.5 Å². The number of ether oxygens (including phenoxy) is 1. The van der Waals surface area contributed by atoms with Crippen LogP contribution in [-0.2, 0) is 4.79 Å². The van der Waals surface area contributed by atoms with Crippen LogP contribution in [0, 0.1) is 5.82 Å². The van der Waals surface area contributed by atoms with Crippen molar-refractivity contribution in [2.24, 2.45) is 5.73 Å². The van der Waals surface area contributed by atoms with Gasteiger partial charge in [0.15, 0.2) is 0 Å². The number of benzene rings is 1. The Labute approximate surface area is 86.5 Å². The van der Waals surface area contributed by atoms with Crippen molar-refractivity contribution in [3.8, 4) is 5.75 Å². The number of hydrogen-bond acceptors (Lipinski definition) is 3. The molecule has 5 heteroatoms. The Balaban J connectivity index is 2.92. The van der Waals surface area contributed by atoms with Crippen LogP contribution in [0.4, 0.5) is 4.39 Å². The van der Waals surface area contributed by atoms with Crippen LogP contribution in [0.5, 0.6) is 5.75 Å². The van der Waals surface area contributed by atoms with Crippen LogP contribution in [0.2, 0.25) is 0 Å². The number of aliphatic carboxylic acids is 1. The Kier molecular flexibility index (Phi) is 3.62. The van der Waals surface area contributed by atoms with E-state index in [1.165, 1.54) is 25.3 Å². The first-order chi connectivity index (χ1) is 7.02. The molecule has 1 unspecified atom stereocenters. The van der Waals surface area contributed by atoms with E-state index < -0.39 is 17.8 Å². The van der Waals surface area contributed by atoms with Crippen molar-refractivity contribution in [1.29, 1.82) is 0 Å². The summed E-state index contributed by atoms with van der Waals surface area (Å²) in [5, 5.41) is 8.54. The second-order valence-corrected chi connectivity index (χ2v) is 3.13. The number of carbonyl (C=O) groups is 1. The van der Waals surface area contributed by atoms with Gasteiger partial charge in [-0.1, -0.05) is 0 Å². The molecule has 1 rings (SSSR count). The Bertz CT molecular complexity index is 368. The van der Waals surface area contributed by atoms with E-state index in [0.717, 1.165) is 0 Å². The summed E-state index contributed by atoms with van der Waals surface area (Å²) in [5.41, 5.74) is 6.00. The highest BCUT2D eigenvalue weighted by Crippen LogP contribution is 2.21. The van der Waals surface area contributed by atoms with Crippen LogP contribution in [0.25, 0.3) is 0 Å². The van der Waals surface area contributed by atoms with Crippen LogP contribution in [-0.4, -0.2) is 18.2 Å². The van der Waals surface area contributed by atoms with Gasteiger partial charge in [0.25, 0.3) is 0 Å². The van der Waals surface area contributed by atoms with E-state index in [4.69, 9.17) is 15.6 Å². The lowest BCUT2D eigenvalue weighted by Crippen LogP contribution is -2.15. The minimum atomic E-state index is -1.02. The molecule has 15 heavy (non-hydrogen) atoms. The van der Waals surface area contributed by atoms with Crippen molar-refractivity contribution in [2.45, 2.75) is 12.5 Å². The first-order valence-electron chi connectivity index (χ1n) is 4.34. The number of halogens is 1. The number of nitrogens with two attached hydrogens (primary N) is 1. The Morgan fingerprint density at radius 2 is 2.27 bits per heavy atom. The van der Waals surface area contributed by atoms with Crippen molar-refractivity contribution < 1.29 is 19.0 Å². The molecule has 0 bridgehead atoms. The SMILES string of the molecule is COc1cc(F)cc(C(N)CC(=O)O)c1. The fourth-order valence-electron chi connectivity index (χ4n) is 1.22. The van der Waals surface area contributed by atoms with Gasteiger partial charge in [0.2, 0.25) is 0 Å². The topological polar surface area (TPSA) is 72.5 Å². The maximum atomic E-state index is 13.0. The van der Waals surface area contributed by atoms with Crippen LogP contribution < -0.4 is 10.5 Å². The number of methoxy groups -OCH3 is 1. The van der Waals surface area contributed by atoms with Crippen LogP contribution in [0.3, 0.4) is 0 Å². The molecule has 3 N–H and O–H groups in total. The molecule has 0 saturated heterocycles. The van der Waals surface area contributed by atoms with Crippen molar-refractivity contribution in [2.75, 3.05) is 7.11 Å². The molecule has 0 aliphatic carbocycles. The summed E-state index contributed by atoms with van der Waals surface area (Å²) >= 11 is 0. The third-order valence-electron chi connectivity index (χ3n) is 1.95. The van der Waals surface area contributed by atoms with Gasteiger partial charge < -0.3 is 15.6 Å². The van der Waals surface area contributed by atoms with E-state index in [9.17, 15) is 9.18 Å². The first-order valence-corrected chi connectivity index (χ1v) is 4.34. The molecule has 82 valence electrons. The van der Waals surface area contributed by atoms with E-state index in [1.807, 2.05) is 0 Å². The van der Waals surface area contributed by atoms with Gasteiger partial charge in [0.1, 0.15) is 11.6 Å². The summed E-state index contributed by atoms with van der Waals surface area (Å²) in [6, 6.07) is 3.20. The van der Waals surface area contributed by atoms with E-state index >= 15 is 0 Å². The highest BCUT2D eigenvalue weighted by atomic mass is 19.1. The second kappa shape index (κ2) is 4.75. The Hall–Kier alpha value is -1.62. The van der Waals surface area contributed by atoms with Crippen molar-refractivity contribution in [3.63, 3.8) is 0 Å². The van der Waals surface area contributed by atoms with E-state index in [1.54, 1.807) is 0 Å². The standard InChI is InChI=1S/C10H12FNO3/c1-15-8-3-6(2-7(11)4-8)9(12)5-10(13)14/h2-4,9H,5,12H2,1H3,(H,13,14). The summed E-state index contributed by atoms with van der Waals surface area (Å²) in [6.45, 7) is 0. The zero-order chi connectivity index (χ0) is 11.4. The predicted molar refractivity (Wildman–Crippen MR) is 52.1 cm³/mol. The molecule has 0 heterocycles. The molecule has 0 aliphatic heterocycles. The van der Waals surface area contributed by atoms with Gasteiger partial charge in [-0.15, -0.1) is 0 Å². The van der Waals surface area contributed by atoms with Crippen LogP contribution in [0.1, 0.15) is 18.0 Å². The fraction of sp³-hybridized carbons (Fsp3) is 0.300. The van der Waals surface area contributed by atoms with E-state index in [0.29, 0.717) is 11.3 Å².